The van der Waals surface area contributed by atoms with E-state index in [4.69, 9.17) is 4.98 Å². The predicted octanol–water partition coefficient (Wildman–Crippen LogP) is 4.78. The zero-order valence-electron chi connectivity index (χ0n) is 16.6. The highest BCUT2D eigenvalue weighted by molar-refractivity contribution is 8.00. The molecule has 5 nitrogen and oxygen atoms in total. The SMILES string of the molecule is C=CCn1c(S[C@H](C)C(=O)Nc2ccc(F)cc2)nc2sc3c(c2c1=O)CCCC3. The van der Waals surface area contributed by atoms with Gasteiger partial charge < -0.3 is 5.32 Å². The van der Waals surface area contributed by atoms with Gasteiger partial charge in [0.2, 0.25) is 5.91 Å². The fraction of sp³-hybridized carbons (Fsp3) is 0.318. The fourth-order valence-corrected chi connectivity index (χ4v) is 5.81. The smallest absolute Gasteiger partial charge is 0.263 e. The summed E-state index contributed by atoms with van der Waals surface area (Å²) in [5.41, 5.74) is 1.61. The Hall–Kier alpha value is -2.45. The van der Waals surface area contributed by atoms with Crippen molar-refractivity contribution in [2.75, 3.05) is 5.32 Å². The molecule has 2 aromatic heterocycles. The molecule has 0 bridgehead atoms. The molecule has 0 fully saturated rings. The van der Waals surface area contributed by atoms with E-state index in [-0.39, 0.29) is 17.3 Å². The Morgan fingerprint density at radius 1 is 1.37 bits per heavy atom. The Kier molecular flexibility index (Phi) is 6.06. The van der Waals surface area contributed by atoms with Crippen LogP contribution in [0.25, 0.3) is 10.2 Å². The molecule has 30 heavy (non-hydrogen) atoms. The first-order valence-corrected chi connectivity index (χ1v) is 11.6. The maximum absolute atomic E-state index is 13.3. The summed E-state index contributed by atoms with van der Waals surface area (Å²) < 4.78 is 14.7. The maximum Gasteiger partial charge on any atom is 0.263 e. The zero-order valence-corrected chi connectivity index (χ0v) is 18.2. The number of nitrogens with one attached hydrogen (secondary N) is 1. The van der Waals surface area contributed by atoms with Gasteiger partial charge in [-0.2, -0.15) is 0 Å². The predicted molar refractivity (Wildman–Crippen MR) is 121 cm³/mol. The molecule has 0 saturated heterocycles. The van der Waals surface area contributed by atoms with Gasteiger partial charge in [0.15, 0.2) is 5.16 Å². The number of fused-ring (bicyclic) bond motifs is 3. The van der Waals surface area contributed by atoms with Crippen molar-refractivity contribution in [1.29, 1.82) is 0 Å². The van der Waals surface area contributed by atoms with Gasteiger partial charge in [-0.15, -0.1) is 17.9 Å². The Morgan fingerprint density at radius 2 is 2.10 bits per heavy atom. The van der Waals surface area contributed by atoms with Crippen molar-refractivity contribution in [3.63, 3.8) is 0 Å². The first kappa shape index (κ1) is 20.8. The van der Waals surface area contributed by atoms with Crippen LogP contribution in [0.5, 0.6) is 0 Å². The van der Waals surface area contributed by atoms with E-state index in [0.29, 0.717) is 17.4 Å². The van der Waals surface area contributed by atoms with Gasteiger partial charge in [0, 0.05) is 17.1 Å². The van der Waals surface area contributed by atoms with E-state index < -0.39 is 5.25 Å². The van der Waals surface area contributed by atoms with Crippen LogP contribution in [-0.2, 0) is 24.2 Å². The van der Waals surface area contributed by atoms with Crippen molar-refractivity contribution < 1.29 is 9.18 Å². The monoisotopic (exact) mass is 443 g/mol. The molecule has 0 aliphatic heterocycles. The molecule has 2 heterocycles. The molecule has 4 rings (SSSR count). The second-order valence-electron chi connectivity index (χ2n) is 7.25. The van der Waals surface area contributed by atoms with Crippen LogP contribution in [-0.4, -0.2) is 20.7 Å². The Bertz CT molecular complexity index is 1170. The molecular weight excluding hydrogens is 421 g/mol. The number of nitrogens with zero attached hydrogens (tertiary/aromatic N) is 2. The number of carbonyl (C=O) groups is 1. The molecule has 8 heteroatoms. The second kappa shape index (κ2) is 8.73. The lowest BCUT2D eigenvalue weighted by Crippen LogP contribution is -2.27. The summed E-state index contributed by atoms with van der Waals surface area (Å²) in [7, 11) is 0. The Balaban J connectivity index is 1.64. The lowest BCUT2D eigenvalue weighted by molar-refractivity contribution is -0.115. The molecule has 1 amide bonds. The molecule has 0 spiro atoms. The quantitative estimate of drug-likeness (QED) is 0.338. The minimum Gasteiger partial charge on any atom is -0.325 e. The number of aryl methyl sites for hydroxylation is 2. The highest BCUT2D eigenvalue weighted by Crippen LogP contribution is 2.35. The number of carbonyl (C=O) groups excluding carboxylic acids is 1. The minimum atomic E-state index is -0.495. The molecule has 1 aliphatic rings. The number of anilines is 1. The number of hydrogen-bond acceptors (Lipinski definition) is 5. The van der Waals surface area contributed by atoms with E-state index in [1.54, 1.807) is 28.9 Å². The summed E-state index contributed by atoms with van der Waals surface area (Å²) >= 11 is 2.83. The number of aromatic nitrogens is 2. The molecule has 1 atom stereocenters. The van der Waals surface area contributed by atoms with Crippen LogP contribution in [0.1, 0.15) is 30.2 Å². The highest BCUT2D eigenvalue weighted by Gasteiger charge is 2.24. The molecule has 1 aliphatic carbocycles. The van der Waals surface area contributed by atoms with Gasteiger partial charge in [-0.05, 0) is 62.4 Å². The third-order valence-electron chi connectivity index (χ3n) is 5.11. The van der Waals surface area contributed by atoms with Crippen LogP contribution >= 0.6 is 23.1 Å². The first-order valence-electron chi connectivity index (χ1n) is 9.87. The molecule has 0 unspecified atom stereocenters. The standard InChI is InChI=1S/C22H22FN3O2S2/c1-3-12-26-21(28)18-16-6-4-5-7-17(16)30-20(18)25-22(26)29-13(2)19(27)24-15-10-8-14(23)9-11-15/h3,8-11,13H,1,4-7,12H2,2H3,(H,24,27)/t13-/m1/s1. The average Bonchev–Trinajstić information content (AvgIpc) is 3.11. The van der Waals surface area contributed by atoms with E-state index in [1.165, 1.54) is 40.9 Å². The summed E-state index contributed by atoms with van der Waals surface area (Å²) in [5, 5.41) is 3.51. The molecule has 1 aromatic carbocycles. The third kappa shape index (κ3) is 4.06. The fourth-order valence-electron chi connectivity index (χ4n) is 3.59. The van der Waals surface area contributed by atoms with Crippen LogP contribution in [0, 0.1) is 5.82 Å². The minimum absolute atomic E-state index is 0.0621. The Labute approximate surface area is 182 Å². The number of amides is 1. The van der Waals surface area contributed by atoms with Gasteiger partial charge in [0.1, 0.15) is 10.6 Å². The second-order valence-corrected chi connectivity index (χ2v) is 9.64. The number of halogens is 1. The summed E-state index contributed by atoms with van der Waals surface area (Å²) in [6.07, 6.45) is 5.82. The highest BCUT2D eigenvalue weighted by atomic mass is 32.2. The molecule has 156 valence electrons. The zero-order chi connectivity index (χ0) is 21.3. The number of thioether (sulfide) groups is 1. The van der Waals surface area contributed by atoms with Crippen molar-refractivity contribution >= 4 is 44.9 Å². The molecule has 1 N–H and O–H groups in total. The van der Waals surface area contributed by atoms with Gasteiger partial charge in [-0.3, -0.25) is 14.2 Å². The largest absolute Gasteiger partial charge is 0.325 e. The number of hydrogen-bond donors (Lipinski definition) is 1. The van der Waals surface area contributed by atoms with E-state index in [1.807, 2.05) is 0 Å². The van der Waals surface area contributed by atoms with E-state index in [2.05, 4.69) is 11.9 Å². The van der Waals surface area contributed by atoms with Crippen LogP contribution in [0.15, 0.2) is 46.9 Å². The van der Waals surface area contributed by atoms with Gasteiger partial charge in [0.05, 0.1) is 10.6 Å². The third-order valence-corrected chi connectivity index (χ3v) is 7.39. The summed E-state index contributed by atoms with van der Waals surface area (Å²) in [6.45, 7) is 5.86. The summed E-state index contributed by atoms with van der Waals surface area (Å²) in [5.74, 6) is -0.600. The summed E-state index contributed by atoms with van der Waals surface area (Å²) in [4.78, 5) is 32.7. The number of rotatable bonds is 6. The van der Waals surface area contributed by atoms with Crippen molar-refractivity contribution in [2.45, 2.75) is 49.6 Å². The van der Waals surface area contributed by atoms with Crippen LogP contribution in [0.3, 0.4) is 0 Å². The van der Waals surface area contributed by atoms with Crippen molar-refractivity contribution in [3.8, 4) is 0 Å². The Morgan fingerprint density at radius 3 is 2.83 bits per heavy atom. The van der Waals surface area contributed by atoms with E-state index in [0.717, 1.165) is 41.5 Å². The number of benzene rings is 1. The van der Waals surface area contributed by atoms with Crippen molar-refractivity contribution in [2.24, 2.45) is 0 Å². The van der Waals surface area contributed by atoms with Gasteiger partial charge in [0.25, 0.3) is 5.56 Å². The number of allylic oxidation sites excluding steroid dienone is 1. The van der Waals surface area contributed by atoms with Crippen LogP contribution in [0.2, 0.25) is 0 Å². The summed E-state index contributed by atoms with van der Waals surface area (Å²) in [6, 6.07) is 5.61. The van der Waals surface area contributed by atoms with Crippen molar-refractivity contribution in [1.82, 2.24) is 9.55 Å². The molecule has 0 saturated carbocycles. The average molecular weight is 444 g/mol. The van der Waals surface area contributed by atoms with E-state index >= 15 is 0 Å². The topological polar surface area (TPSA) is 64.0 Å². The van der Waals surface area contributed by atoms with Crippen LogP contribution < -0.4 is 10.9 Å². The van der Waals surface area contributed by atoms with Gasteiger partial charge >= 0.3 is 0 Å². The molecular formula is C22H22FN3O2S2. The molecule has 3 aromatic rings. The van der Waals surface area contributed by atoms with Gasteiger partial charge in [-0.1, -0.05) is 17.8 Å². The lowest BCUT2D eigenvalue weighted by Gasteiger charge is -2.15. The molecule has 0 radical (unpaired) electrons. The lowest BCUT2D eigenvalue weighted by atomic mass is 9.97. The van der Waals surface area contributed by atoms with Crippen molar-refractivity contribution in [3.05, 3.63) is 63.5 Å². The maximum atomic E-state index is 13.3. The van der Waals surface area contributed by atoms with E-state index in [9.17, 15) is 14.0 Å². The first-order chi connectivity index (χ1) is 14.5. The van der Waals surface area contributed by atoms with Crippen LogP contribution in [0.4, 0.5) is 10.1 Å². The number of thiophene rings is 1. The normalized spacial score (nSPS) is 14.3. The van der Waals surface area contributed by atoms with Gasteiger partial charge in [-0.25, -0.2) is 9.37 Å².